The average molecular weight is 395 g/mol. The van der Waals surface area contributed by atoms with Crippen LogP contribution in [0.25, 0.3) is 10.9 Å². The molecule has 1 aromatic heterocycles. The molecule has 2 aromatic carbocycles. The van der Waals surface area contributed by atoms with Crippen LogP contribution in [0.2, 0.25) is 0 Å². The molecule has 144 valence electrons. The number of fused-ring (bicyclic) bond motifs is 1. The average Bonchev–Trinajstić information content (AvgIpc) is 3.24. The molecule has 0 fully saturated rings. The van der Waals surface area contributed by atoms with Crippen molar-refractivity contribution in [2.24, 2.45) is 0 Å². The van der Waals surface area contributed by atoms with E-state index in [-0.39, 0.29) is 10.8 Å². The van der Waals surface area contributed by atoms with Crippen molar-refractivity contribution in [3.63, 3.8) is 0 Å². The Labute approximate surface area is 163 Å². The third kappa shape index (κ3) is 2.82. The maximum Gasteiger partial charge on any atom is 0.240 e. The molecule has 0 saturated heterocycles. The number of aryl methyl sites for hydroxylation is 1. The second kappa shape index (κ2) is 6.46. The number of nitrogens with zero attached hydrogens (tertiary/aromatic N) is 1. The van der Waals surface area contributed by atoms with E-state index >= 15 is 0 Å². The fraction of sp³-hybridized carbons (Fsp3) is 0.286. The number of H-pyrrole nitrogens is 1. The van der Waals surface area contributed by atoms with Crippen LogP contribution in [0.3, 0.4) is 0 Å². The molecule has 0 bridgehead atoms. The summed E-state index contributed by atoms with van der Waals surface area (Å²) in [4.78, 5) is 17.5. The van der Waals surface area contributed by atoms with Crippen LogP contribution in [0, 0.1) is 0 Å². The number of carbonyl (C=O) groups is 1. The lowest BCUT2D eigenvalue weighted by atomic mass is 10.0. The first-order valence-electron chi connectivity index (χ1n) is 9.54. The van der Waals surface area contributed by atoms with Gasteiger partial charge >= 0.3 is 0 Å². The molecule has 0 spiro atoms. The largest absolute Gasteiger partial charge is 0.361 e. The van der Waals surface area contributed by atoms with Gasteiger partial charge in [0.25, 0.3) is 0 Å². The zero-order chi connectivity index (χ0) is 19.3. The van der Waals surface area contributed by atoms with Crippen molar-refractivity contribution < 1.29 is 13.2 Å². The molecule has 5 rings (SSSR count). The van der Waals surface area contributed by atoms with Crippen molar-refractivity contribution in [1.29, 1.82) is 0 Å². The van der Waals surface area contributed by atoms with E-state index in [0.717, 1.165) is 52.7 Å². The summed E-state index contributed by atoms with van der Waals surface area (Å²) in [6.45, 7) is 1.05. The van der Waals surface area contributed by atoms with Crippen molar-refractivity contribution >= 4 is 32.5 Å². The third-order valence-corrected chi connectivity index (χ3v) is 7.09. The van der Waals surface area contributed by atoms with Gasteiger partial charge in [-0.3, -0.25) is 4.79 Å². The molecule has 0 unspecified atom stereocenters. The van der Waals surface area contributed by atoms with Crippen molar-refractivity contribution in [3.8, 4) is 0 Å². The molecule has 6 nitrogen and oxygen atoms in total. The highest BCUT2D eigenvalue weighted by molar-refractivity contribution is 7.89. The first-order chi connectivity index (χ1) is 13.5. The molecule has 0 aliphatic carbocycles. The quantitative estimate of drug-likeness (QED) is 0.696. The van der Waals surface area contributed by atoms with E-state index in [1.165, 1.54) is 0 Å². The summed E-state index contributed by atoms with van der Waals surface area (Å²) in [6.07, 6.45) is 4.51. The molecule has 0 radical (unpaired) electrons. The zero-order valence-corrected chi connectivity index (χ0v) is 16.2. The summed E-state index contributed by atoms with van der Waals surface area (Å²) in [5.41, 5.74) is 4.87. The fourth-order valence-electron chi connectivity index (χ4n) is 4.34. The van der Waals surface area contributed by atoms with Gasteiger partial charge < -0.3 is 9.88 Å². The molecule has 2 aliphatic rings. The molecule has 3 aromatic rings. The number of hydrogen-bond acceptors (Lipinski definition) is 3. The maximum atomic E-state index is 12.9. The second-order valence-electron chi connectivity index (χ2n) is 7.42. The standard InChI is InChI=1S/C21H21N3O3S/c25-20-12-16-11-17(10-14-4-3-9-24(20)21(14)16)28(26,27)23-8-7-15-13-22-19-6-2-1-5-18(15)19/h1-2,5-6,10-11,13,22-23H,3-4,7-9,12H2. The van der Waals surface area contributed by atoms with Crippen LogP contribution in [-0.2, 0) is 34.1 Å². The number of aromatic amines is 1. The lowest BCUT2D eigenvalue weighted by molar-refractivity contribution is -0.117. The fourth-order valence-corrected chi connectivity index (χ4v) is 5.48. The normalized spacial score (nSPS) is 16.0. The predicted octanol–water partition coefficient (Wildman–Crippen LogP) is 2.52. The van der Waals surface area contributed by atoms with E-state index in [4.69, 9.17) is 0 Å². The van der Waals surface area contributed by atoms with E-state index in [0.29, 0.717) is 19.4 Å². The van der Waals surface area contributed by atoms with Gasteiger partial charge in [-0.15, -0.1) is 0 Å². The SMILES string of the molecule is O=C1Cc2cc(S(=O)(=O)NCCc3c[nH]c4ccccc34)cc3c2N1CCC3. The van der Waals surface area contributed by atoms with Crippen LogP contribution in [0.4, 0.5) is 5.69 Å². The van der Waals surface area contributed by atoms with Crippen molar-refractivity contribution in [2.75, 3.05) is 18.0 Å². The molecule has 0 saturated carbocycles. The Kier molecular flexibility index (Phi) is 4.03. The van der Waals surface area contributed by atoms with Crippen LogP contribution in [0.15, 0.2) is 47.5 Å². The van der Waals surface area contributed by atoms with E-state index in [9.17, 15) is 13.2 Å². The summed E-state index contributed by atoms with van der Waals surface area (Å²) in [7, 11) is -3.62. The van der Waals surface area contributed by atoms with Crippen molar-refractivity contribution in [2.45, 2.75) is 30.6 Å². The molecule has 3 heterocycles. The summed E-state index contributed by atoms with van der Waals surface area (Å²) < 4.78 is 28.4. The van der Waals surface area contributed by atoms with Gasteiger partial charge in [0, 0.05) is 30.2 Å². The summed E-state index contributed by atoms with van der Waals surface area (Å²) >= 11 is 0. The number of sulfonamides is 1. The number of benzene rings is 2. The van der Waals surface area contributed by atoms with E-state index in [1.807, 2.05) is 30.5 Å². The molecule has 1 amide bonds. The van der Waals surface area contributed by atoms with Crippen LogP contribution in [0.1, 0.15) is 23.1 Å². The highest BCUT2D eigenvalue weighted by atomic mass is 32.2. The topological polar surface area (TPSA) is 82.3 Å². The molecular weight excluding hydrogens is 374 g/mol. The molecule has 0 atom stereocenters. The molecule has 2 N–H and O–H groups in total. The maximum absolute atomic E-state index is 12.9. The third-order valence-electron chi connectivity index (χ3n) is 5.65. The minimum Gasteiger partial charge on any atom is -0.361 e. The Hall–Kier alpha value is -2.64. The summed E-state index contributed by atoms with van der Waals surface area (Å²) in [6, 6.07) is 11.4. The number of amides is 1. The highest BCUT2D eigenvalue weighted by Gasteiger charge is 2.33. The number of rotatable bonds is 5. The predicted molar refractivity (Wildman–Crippen MR) is 108 cm³/mol. The van der Waals surface area contributed by atoms with Gasteiger partial charge in [0.2, 0.25) is 15.9 Å². The Morgan fingerprint density at radius 2 is 1.96 bits per heavy atom. The molecule has 7 heteroatoms. The van der Waals surface area contributed by atoms with Crippen LogP contribution < -0.4 is 9.62 Å². The van der Waals surface area contributed by atoms with Crippen LogP contribution >= 0.6 is 0 Å². The van der Waals surface area contributed by atoms with E-state index in [1.54, 1.807) is 17.0 Å². The van der Waals surface area contributed by atoms with Gasteiger partial charge in [-0.2, -0.15) is 0 Å². The Morgan fingerprint density at radius 3 is 2.86 bits per heavy atom. The second-order valence-corrected chi connectivity index (χ2v) is 9.19. The number of anilines is 1. The zero-order valence-electron chi connectivity index (χ0n) is 15.4. The Bertz CT molecular complexity index is 1200. The number of nitrogens with one attached hydrogen (secondary N) is 2. The van der Waals surface area contributed by atoms with Gasteiger partial charge in [-0.1, -0.05) is 18.2 Å². The molecular formula is C21H21N3O3S. The summed E-state index contributed by atoms with van der Waals surface area (Å²) in [5.74, 6) is 0.0674. The molecule has 28 heavy (non-hydrogen) atoms. The molecule has 2 aliphatic heterocycles. The van der Waals surface area contributed by atoms with Crippen LogP contribution in [-0.4, -0.2) is 32.4 Å². The lowest BCUT2D eigenvalue weighted by Gasteiger charge is -2.26. The minimum absolute atomic E-state index is 0.0674. The smallest absolute Gasteiger partial charge is 0.240 e. The Morgan fingerprint density at radius 1 is 1.14 bits per heavy atom. The van der Waals surface area contributed by atoms with Gasteiger partial charge in [0.15, 0.2) is 0 Å². The van der Waals surface area contributed by atoms with Gasteiger partial charge in [0.05, 0.1) is 17.0 Å². The van der Waals surface area contributed by atoms with E-state index < -0.39 is 10.0 Å². The highest BCUT2D eigenvalue weighted by Crippen LogP contribution is 2.38. The number of para-hydroxylation sites is 1. The number of aromatic nitrogens is 1. The lowest BCUT2D eigenvalue weighted by Crippen LogP contribution is -2.31. The number of hydrogen-bond donors (Lipinski definition) is 2. The minimum atomic E-state index is -3.62. The van der Waals surface area contributed by atoms with Crippen molar-refractivity contribution in [3.05, 3.63) is 59.3 Å². The van der Waals surface area contributed by atoms with Crippen molar-refractivity contribution in [1.82, 2.24) is 9.71 Å². The van der Waals surface area contributed by atoms with Crippen LogP contribution in [0.5, 0.6) is 0 Å². The van der Waals surface area contributed by atoms with Gasteiger partial charge in [-0.05, 0) is 54.2 Å². The summed E-state index contributed by atoms with van der Waals surface area (Å²) in [5, 5.41) is 1.11. The van der Waals surface area contributed by atoms with E-state index in [2.05, 4.69) is 9.71 Å². The first-order valence-corrected chi connectivity index (χ1v) is 11.0. The Balaban J connectivity index is 1.36. The number of carbonyl (C=O) groups excluding carboxylic acids is 1. The van der Waals surface area contributed by atoms with Gasteiger partial charge in [-0.25, -0.2) is 13.1 Å². The monoisotopic (exact) mass is 395 g/mol. The van der Waals surface area contributed by atoms with Gasteiger partial charge in [0.1, 0.15) is 0 Å². The first kappa shape index (κ1) is 17.5.